The van der Waals surface area contributed by atoms with Crippen LogP contribution in [0.25, 0.3) is 0 Å². The van der Waals surface area contributed by atoms with E-state index >= 15 is 0 Å². The quantitative estimate of drug-likeness (QED) is 0.393. The molecule has 2 heterocycles. The molecule has 2 aromatic carbocycles. The molecule has 2 aliphatic heterocycles. The zero-order valence-electron chi connectivity index (χ0n) is 17.8. The van der Waals surface area contributed by atoms with Crippen molar-refractivity contribution < 1.29 is 28.7 Å². The molecule has 1 atom stereocenters. The molecule has 32 heavy (non-hydrogen) atoms. The summed E-state index contributed by atoms with van der Waals surface area (Å²) in [6.45, 7) is 3.44. The lowest BCUT2D eigenvalue weighted by molar-refractivity contribution is -0.146. The Kier molecular flexibility index (Phi) is 5.61. The van der Waals surface area contributed by atoms with Crippen LogP contribution in [0.4, 0.5) is 5.69 Å². The summed E-state index contributed by atoms with van der Waals surface area (Å²) in [6, 6.07) is 11.6. The second-order valence-corrected chi connectivity index (χ2v) is 7.82. The first kappa shape index (κ1) is 21.4. The van der Waals surface area contributed by atoms with Crippen LogP contribution in [0, 0.1) is 0 Å². The first-order valence-electron chi connectivity index (χ1n) is 10.4. The SMILES string of the molecule is CC(=O)N1CCc2cc(C(=O)C(C)OC(=O)CCN3C(=O)c4ccccc4C3=O)ccc21. The van der Waals surface area contributed by atoms with Gasteiger partial charge in [-0.1, -0.05) is 12.1 Å². The van der Waals surface area contributed by atoms with Crippen molar-refractivity contribution in [3.8, 4) is 0 Å². The molecule has 1 unspecified atom stereocenters. The summed E-state index contributed by atoms with van der Waals surface area (Å²) in [5, 5.41) is 0. The van der Waals surface area contributed by atoms with E-state index in [1.54, 1.807) is 47.4 Å². The standard InChI is InChI=1S/C24H22N2O6/c1-14(22(29)17-7-8-20-16(13-17)9-11-25(20)15(2)27)32-21(28)10-12-26-23(30)18-5-3-4-6-19(18)24(26)31/h3-8,13-14H,9-12H2,1-2H3. The Morgan fingerprint density at radius 1 is 1.03 bits per heavy atom. The molecule has 2 aliphatic rings. The molecule has 0 bridgehead atoms. The lowest BCUT2D eigenvalue weighted by Crippen LogP contribution is -2.33. The van der Waals surface area contributed by atoms with Gasteiger partial charge in [0.2, 0.25) is 11.7 Å². The summed E-state index contributed by atoms with van der Waals surface area (Å²) in [5.74, 6) is -1.97. The molecule has 0 spiro atoms. The molecule has 0 aromatic heterocycles. The highest BCUT2D eigenvalue weighted by Crippen LogP contribution is 2.29. The van der Waals surface area contributed by atoms with E-state index in [-0.39, 0.29) is 24.7 Å². The minimum atomic E-state index is -1.02. The third-order valence-corrected chi connectivity index (χ3v) is 5.73. The average Bonchev–Trinajstić information content (AvgIpc) is 3.31. The van der Waals surface area contributed by atoms with E-state index in [0.717, 1.165) is 16.2 Å². The number of carbonyl (C=O) groups is 5. The Morgan fingerprint density at radius 3 is 2.31 bits per heavy atom. The van der Waals surface area contributed by atoms with Crippen LogP contribution in [0.3, 0.4) is 0 Å². The molecule has 8 heteroatoms. The summed E-state index contributed by atoms with van der Waals surface area (Å²) in [7, 11) is 0. The molecule has 0 N–H and O–H groups in total. The van der Waals surface area contributed by atoms with E-state index in [9.17, 15) is 24.0 Å². The van der Waals surface area contributed by atoms with Crippen LogP contribution in [0.2, 0.25) is 0 Å². The van der Waals surface area contributed by atoms with Crippen LogP contribution in [0.1, 0.15) is 56.9 Å². The molecule has 2 aromatic rings. The Bertz CT molecular complexity index is 1120. The number of carbonyl (C=O) groups excluding carboxylic acids is 5. The maximum Gasteiger partial charge on any atom is 0.308 e. The number of hydrogen-bond donors (Lipinski definition) is 0. The predicted octanol–water partition coefficient (Wildman–Crippen LogP) is 2.40. The summed E-state index contributed by atoms with van der Waals surface area (Å²) >= 11 is 0. The van der Waals surface area contributed by atoms with Crippen LogP contribution < -0.4 is 4.90 Å². The second kappa shape index (κ2) is 8.37. The van der Waals surface area contributed by atoms with Crippen molar-refractivity contribution in [2.24, 2.45) is 0 Å². The number of nitrogens with zero attached hydrogens (tertiary/aromatic N) is 2. The van der Waals surface area contributed by atoms with Crippen molar-refractivity contribution in [2.75, 3.05) is 18.0 Å². The third kappa shape index (κ3) is 3.79. The summed E-state index contributed by atoms with van der Waals surface area (Å²) < 4.78 is 5.25. The molecule has 4 rings (SSSR count). The molecule has 0 radical (unpaired) electrons. The fourth-order valence-corrected chi connectivity index (χ4v) is 4.07. The van der Waals surface area contributed by atoms with Crippen molar-refractivity contribution >= 4 is 35.2 Å². The van der Waals surface area contributed by atoms with Crippen molar-refractivity contribution in [3.05, 3.63) is 64.7 Å². The number of ketones is 1. The first-order chi connectivity index (χ1) is 15.3. The summed E-state index contributed by atoms with van der Waals surface area (Å²) in [5.41, 5.74) is 2.72. The third-order valence-electron chi connectivity index (χ3n) is 5.73. The van der Waals surface area contributed by atoms with E-state index in [1.807, 2.05) is 0 Å². The van der Waals surface area contributed by atoms with E-state index in [4.69, 9.17) is 4.74 Å². The molecule has 3 amide bonds. The Balaban J connectivity index is 1.34. The van der Waals surface area contributed by atoms with Crippen molar-refractivity contribution in [1.82, 2.24) is 4.90 Å². The van der Waals surface area contributed by atoms with Gasteiger partial charge in [-0.3, -0.25) is 28.9 Å². The van der Waals surface area contributed by atoms with Gasteiger partial charge in [-0.05, 0) is 49.2 Å². The van der Waals surface area contributed by atoms with Crippen LogP contribution in [-0.4, -0.2) is 53.6 Å². The Morgan fingerprint density at radius 2 is 1.69 bits per heavy atom. The largest absolute Gasteiger partial charge is 0.454 e. The molecule has 0 aliphatic carbocycles. The number of amides is 3. The monoisotopic (exact) mass is 434 g/mol. The van der Waals surface area contributed by atoms with Crippen LogP contribution in [0.15, 0.2) is 42.5 Å². The molecular weight excluding hydrogens is 412 g/mol. The number of ether oxygens (including phenoxy) is 1. The zero-order chi connectivity index (χ0) is 23.0. The van der Waals surface area contributed by atoms with Crippen molar-refractivity contribution in [1.29, 1.82) is 0 Å². The summed E-state index contributed by atoms with van der Waals surface area (Å²) in [4.78, 5) is 64.1. The molecule has 8 nitrogen and oxygen atoms in total. The Labute approximate surface area is 184 Å². The highest BCUT2D eigenvalue weighted by Gasteiger charge is 2.35. The van der Waals surface area contributed by atoms with Crippen molar-refractivity contribution in [3.63, 3.8) is 0 Å². The number of Topliss-reactive ketones (excluding diaryl/α,β-unsaturated/α-hetero) is 1. The summed E-state index contributed by atoms with van der Waals surface area (Å²) in [6.07, 6.45) is -0.571. The predicted molar refractivity (Wildman–Crippen MR) is 114 cm³/mol. The fourth-order valence-electron chi connectivity index (χ4n) is 4.07. The lowest BCUT2D eigenvalue weighted by Gasteiger charge is -2.17. The van der Waals surface area contributed by atoms with Crippen LogP contribution in [-0.2, 0) is 20.7 Å². The van der Waals surface area contributed by atoms with Gasteiger partial charge in [0.25, 0.3) is 11.8 Å². The lowest BCUT2D eigenvalue weighted by atomic mass is 10.0. The van der Waals surface area contributed by atoms with E-state index in [0.29, 0.717) is 29.7 Å². The van der Waals surface area contributed by atoms with Crippen molar-refractivity contribution in [2.45, 2.75) is 32.8 Å². The van der Waals surface area contributed by atoms with Gasteiger partial charge in [0.05, 0.1) is 17.5 Å². The van der Waals surface area contributed by atoms with Gasteiger partial charge in [0, 0.05) is 31.3 Å². The topological polar surface area (TPSA) is 101 Å². The smallest absolute Gasteiger partial charge is 0.308 e. The molecule has 0 saturated carbocycles. The number of esters is 1. The van der Waals surface area contributed by atoms with Gasteiger partial charge in [-0.25, -0.2) is 0 Å². The van der Waals surface area contributed by atoms with Gasteiger partial charge in [0.1, 0.15) is 0 Å². The van der Waals surface area contributed by atoms with Gasteiger partial charge < -0.3 is 9.64 Å². The molecular formula is C24H22N2O6. The number of fused-ring (bicyclic) bond motifs is 2. The van der Waals surface area contributed by atoms with Gasteiger partial charge in [0.15, 0.2) is 6.10 Å². The van der Waals surface area contributed by atoms with E-state index < -0.39 is 23.9 Å². The number of hydrogen-bond acceptors (Lipinski definition) is 6. The molecule has 164 valence electrons. The van der Waals surface area contributed by atoms with Gasteiger partial charge >= 0.3 is 5.97 Å². The fraction of sp³-hybridized carbons (Fsp3) is 0.292. The highest BCUT2D eigenvalue weighted by atomic mass is 16.5. The number of anilines is 1. The van der Waals surface area contributed by atoms with Crippen LogP contribution in [0.5, 0.6) is 0 Å². The van der Waals surface area contributed by atoms with Gasteiger partial charge in [-0.15, -0.1) is 0 Å². The molecule has 0 fully saturated rings. The van der Waals surface area contributed by atoms with Crippen LogP contribution >= 0.6 is 0 Å². The zero-order valence-corrected chi connectivity index (χ0v) is 17.8. The number of benzene rings is 2. The maximum absolute atomic E-state index is 12.7. The van der Waals surface area contributed by atoms with E-state index in [2.05, 4.69) is 0 Å². The Hall–Kier alpha value is -3.81. The second-order valence-electron chi connectivity index (χ2n) is 7.82. The highest BCUT2D eigenvalue weighted by molar-refractivity contribution is 6.21. The first-order valence-corrected chi connectivity index (χ1v) is 10.4. The minimum absolute atomic E-state index is 0.0526. The average molecular weight is 434 g/mol. The maximum atomic E-state index is 12.7. The van der Waals surface area contributed by atoms with Gasteiger partial charge in [-0.2, -0.15) is 0 Å². The number of rotatable bonds is 6. The normalized spacial score (nSPS) is 15.4. The minimum Gasteiger partial charge on any atom is -0.454 e. The number of imide groups is 1. The van der Waals surface area contributed by atoms with E-state index in [1.165, 1.54) is 13.8 Å². The molecule has 0 saturated heterocycles.